The lowest BCUT2D eigenvalue weighted by Gasteiger charge is -2.35. The van der Waals surface area contributed by atoms with Crippen LogP contribution in [0.25, 0.3) is 0 Å². The third-order valence-electron chi connectivity index (χ3n) is 3.08. The van der Waals surface area contributed by atoms with Gasteiger partial charge in [-0.15, -0.1) is 0 Å². The van der Waals surface area contributed by atoms with Gasteiger partial charge in [-0.1, -0.05) is 33.6 Å². The molecule has 146 valence electrons. The average Bonchev–Trinajstić information content (AvgIpc) is 2.54. The van der Waals surface area contributed by atoms with E-state index < -0.39 is 23.4 Å². The van der Waals surface area contributed by atoms with Gasteiger partial charge >= 0.3 is 17.9 Å². The second-order valence-electron chi connectivity index (χ2n) is 6.65. The van der Waals surface area contributed by atoms with Crippen LogP contribution in [0.3, 0.4) is 0 Å². The first-order valence-corrected chi connectivity index (χ1v) is 8.16. The molecule has 0 aromatic carbocycles. The van der Waals surface area contributed by atoms with Gasteiger partial charge in [0.15, 0.2) is 0 Å². The number of nitrogens with one attached hydrogen (secondary N) is 1. The van der Waals surface area contributed by atoms with Crippen LogP contribution in [0.2, 0.25) is 0 Å². The summed E-state index contributed by atoms with van der Waals surface area (Å²) in [6, 6.07) is -0.0782. The Morgan fingerprint density at radius 3 is 1.23 bits per heavy atom. The Morgan fingerprint density at radius 2 is 1.04 bits per heavy atom. The Morgan fingerprint density at radius 1 is 0.769 bits per heavy atom. The molecule has 0 heterocycles. The molecule has 0 aliphatic heterocycles. The highest BCUT2D eigenvalue weighted by atomic mass is 16.6. The first kappa shape index (κ1) is 23.6. The van der Waals surface area contributed by atoms with Crippen molar-refractivity contribution in [3.63, 3.8) is 0 Å². The minimum absolute atomic E-state index is 0.0782. The van der Waals surface area contributed by atoms with E-state index in [0.717, 1.165) is 0 Å². The summed E-state index contributed by atoms with van der Waals surface area (Å²) in [6.07, 6.45) is 0. The molecule has 0 aliphatic carbocycles. The van der Waals surface area contributed by atoms with Gasteiger partial charge in [-0.05, 0) is 20.8 Å². The van der Waals surface area contributed by atoms with Gasteiger partial charge in [0.05, 0.1) is 0 Å². The van der Waals surface area contributed by atoms with Crippen molar-refractivity contribution < 1.29 is 28.6 Å². The lowest BCUT2D eigenvalue weighted by molar-refractivity contribution is -0.152. The van der Waals surface area contributed by atoms with E-state index >= 15 is 0 Å². The van der Waals surface area contributed by atoms with E-state index in [4.69, 9.17) is 14.2 Å². The van der Waals surface area contributed by atoms with Gasteiger partial charge in [0.2, 0.25) is 0 Å². The van der Waals surface area contributed by atoms with Crippen molar-refractivity contribution in [3.05, 3.63) is 36.5 Å². The number of hydrogen-bond donors (Lipinski definition) is 1. The van der Waals surface area contributed by atoms with E-state index in [1.165, 1.54) is 20.8 Å². The minimum Gasteiger partial charge on any atom is -0.460 e. The van der Waals surface area contributed by atoms with Crippen LogP contribution in [0.1, 0.15) is 34.6 Å². The summed E-state index contributed by atoms with van der Waals surface area (Å²) in [5.74, 6) is -1.80. The summed E-state index contributed by atoms with van der Waals surface area (Å²) >= 11 is 0. The van der Waals surface area contributed by atoms with Gasteiger partial charge in [0.25, 0.3) is 0 Å². The molecule has 0 fully saturated rings. The fraction of sp³-hybridized carbons (Fsp3) is 0.526. The van der Waals surface area contributed by atoms with Crippen LogP contribution in [0.4, 0.5) is 0 Å². The summed E-state index contributed by atoms with van der Waals surface area (Å²) in [5.41, 5.74) is -0.459. The number of carbonyl (C=O) groups excluding carboxylic acids is 3. The summed E-state index contributed by atoms with van der Waals surface area (Å²) in [6.45, 7) is 18.3. The van der Waals surface area contributed by atoms with Gasteiger partial charge in [-0.3, -0.25) is 0 Å². The number of esters is 3. The highest BCUT2D eigenvalue weighted by molar-refractivity contribution is 5.88. The van der Waals surface area contributed by atoms with Crippen molar-refractivity contribution in [1.82, 2.24) is 5.32 Å². The van der Waals surface area contributed by atoms with E-state index in [1.807, 2.05) is 13.8 Å². The van der Waals surface area contributed by atoms with Crippen molar-refractivity contribution in [1.29, 1.82) is 0 Å². The average molecular weight is 367 g/mol. The molecule has 0 amide bonds. The smallest absolute Gasteiger partial charge is 0.333 e. The van der Waals surface area contributed by atoms with E-state index in [2.05, 4.69) is 25.1 Å². The van der Waals surface area contributed by atoms with E-state index in [1.54, 1.807) is 0 Å². The van der Waals surface area contributed by atoms with Crippen molar-refractivity contribution in [2.75, 3.05) is 19.8 Å². The predicted octanol–water partition coefficient (Wildman–Crippen LogP) is 2.08. The standard InChI is InChI=1S/C19H29NO6/c1-12(2)16(21)24-9-19(20-15(7)8,10-25-17(22)13(3)4)11-26-18(23)14(5)6/h15,20H,1,3,5,9-11H2,2,4,6-8H3. The first-order chi connectivity index (χ1) is 11.9. The van der Waals surface area contributed by atoms with Crippen molar-refractivity contribution in [3.8, 4) is 0 Å². The highest BCUT2D eigenvalue weighted by Crippen LogP contribution is 2.13. The molecule has 0 spiro atoms. The maximum Gasteiger partial charge on any atom is 0.333 e. The quantitative estimate of drug-likeness (QED) is 0.340. The fourth-order valence-corrected chi connectivity index (χ4v) is 1.84. The molecule has 0 unspecified atom stereocenters. The van der Waals surface area contributed by atoms with Crippen LogP contribution >= 0.6 is 0 Å². The molecule has 0 radical (unpaired) electrons. The minimum atomic E-state index is -1.13. The summed E-state index contributed by atoms with van der Waals surface area (Å²) in [5, 5.41) is 3.16. The summed E-state index contributed by atoms with van der Waals surface area (Å²) < 4.78 is 15.7. The molecule has 7 heteroatoms. The molecule has 0 aromatic heterocycles. The second-order valence-corrected chi connectivity index (χ2v) is 6.65. The SMILES string of the molecule is C=C(C)C(=O)OCC(COC(=O)C(=C)C)(COC(=O)C(=C)C)NC(C)C. The van der Waals surface area contributed by atoms with Gasteiger partial charge < -0.3 is 19.5 Å². The normalized spacial score (nSPS) is 10.8. The third kappa shape index (κ3) is 8.62. The summed E-state index contributed by atoms with van der Waals surface area (Å²) in [4.78, 5) is 35.3. The molecule has 7 nitrogen and oxygen atoms in total. The van der Waals surface area contributed by atoms with Crippen LogP contribution in [-0.2, 0) is 28.6 Å². The number of carbonyl (C=O) groups is 3. The Labute approximate surface area is 155 Å². The van der Waals surface area contributed by atoms with E-state index in [9.17, 15) is 14.4 Å². The maximum atomic E-state index is 11.8. The molecule has 0 aliphatic rings. The molecule has 0 aromatic rings. The lowest BCUT2D eigenvalue weighted by Crippen LogP contribution is -2.59. The zero-order valence-corrected chi connectivity index (χ0v) is 16.3. The zero-order chi connectivity index (χ0) is 20.5. The van der Waals surface area contributed by atoms with Crippen LogP contribution in [0, 0.1) is 0 Å². The van der Waals surface area contributed by atoms with Crippen LogP contribution in [-0.4, -0.2) is 49.3 Å². The Balaban J connectivity index is 5.44. The van der Waals surface area contributed by atoms with Gasteiger partial charge in [0, 0.05) is 22.8 Å². The van der Waals surface area contributed by atoms with Crippen LogP contribution in [0.15, 0.2) is 36.5 Å². The van der Waals surface area contributed by atoms with Gasteiger partial charge in [0.1, 0.15) is 25.4 Å². The van der Waals surface area contributed by atoms with E-state index in [-0.39, 0.29) is 42.6 Å². The molecule has 1 N–H and O–H groups in total. The number of hydrogen-bond acceptors (Lipinski definition) is 7. The number of ether oxygens (including phenoxy) is 3. The first-order valence-electron chi connectivity index (χ1n) is 8.16. The Bertz CT molecular complexity index is 517. The molecular formula is C19H29NO6. The Hall–Kier alpha value is -2.41. The van der Waals surface area contributed by atoms with Gasteiger partial charge in [-0.2, -0.15) is 0 Å². The number of rotatable bonds is 11. The van der Waals surface area contributed by atoms with Crippen LogP contribution in [0.5, 0.6) is 0 Å². The second kappa shape index (κ2) is 10.6. The molecule has 0 bridgehead atoms. The van der Waals surface area contributed by atoms with Gasteiger partial charge in [-0.25, -0.2) is 14.4 Å². The zero-order valence-electron chi connectivity index (χ0n) is 16.3. The molecule has 0 saturated heterocycles. The molecule has 0 saturated carbocycles. The maximum absolute atomic E-state index is 11.8. The highest BCUT2D eigenvalue weighted by Gasteiger charge is 2.36. The fourth-order valence-electron chi connectivity index (χ4n) is 1.84. The predicted molar refractivity (Wildman–Crippen MR) is 98.3 cm³/mol. The largest absolute Gasteiger partial charge is 0.460 e. The van der Waals surface area contributed by atoms with Crippen molar-refractivity contribution >= 4 is 17.9 Å². The Kier molecular flexibility index (Phi) is 9.57. The van der Waals surface area contributed by atoms with Crippen molar-refractivity contribution in [2.24, 2.45) is 0 Å². The third-order valence-corrected chi connectivity index (χ3v) is 3.08. The van der Waals surface area contributed by atoms with Crippen LogP contribution < -0.4 is 5.32 Å². The van der Waals surface area contributed by atoms with Crippen molar-refractivity contribution in [2.45, 2.75) is 46.2 Å². The van der Waals surface area contributed by atoms with E-state index in [0.29, 0.717) is 0 Å². The topological polar surface area (TPSA) is 90.9 Å². The monoisotopic (exact) mass is 367 g/mol. The summed E-state index contributed by atoms with van der Waals surface area (Å²) in [7, 11) is 0. The lowest BCUT2D eigenvalue weighted by atomic mass is 10.0. The molecule has 26 heavy (non-hydrogen) atoms. The molecule has 0 rings (SSSR count). The molecular weight excluding hydrogens is 338 g/mol. The molecule has 0 atom stereocenters.